The first-order valence-electron chi connectivity index (χ1n) is 7.19. The molecule has 17 heavy (non-hydrogen) atoms. The number of nitrogens with two attached hydrogens (primary N) is 1. The molecule has 3 heteroatoms. The van der Waals surface area contributed by atoms with E-state index < -0.39 is 0 Å². The fraction of sp³-hybridized carbons (Fsp3) is 1.00. The molecule has 1 saturated heterocycles. The van der Waals surface area contributed by atoms with Crippen molar-refractivity contribution in [3.8, 4) is 0 Å². The van der Waals surface area contributed by atoms with Gasteiger partial charge >= 0.3 is 0 Å². The second kappa shape index (κ2) is 8.06. The summed E-state index contributed by atoms with van der Waals surface area (Å²) in [6, 6.07) is 0. The molecule has 0 radical (unpaired) electrons. The van der Waals surface area contributed by atoms with Crippen molar-refractivity contribution in [2.45, 2.75) is 32.6 Å². The van der Waals surface area contributed by atoms with Crippen molar-refractivity contribution in [3.63, 3.8) is 0 Å². The van der Waals surface area contributed by atoms with Crippen LogP contribution in [0.3, 0.4) is 0 Å². The summed E-state index contributed by atoms with van der Waals surface area (Å²) < 4.78 is 0. The zero-order chi connectivity index (χ0) is 12.7. The summed E-state index contributed by atoms with van der Waals surface area (Å²) in [5, 5.41) is 0. The average Bonchev–Trinajstić information content (AvgIpc) is 2.30. The fourth-order valence-corrected chi connectivity index (χ4v) is 2.69. The van der Waals surface area contributed by atoms with E-state index in [1.807, 2.05) is 0 Å². The molecule has 0 amide bonds. The average molecular weight is 241 g/mol. The summed E-state index contributed by atoms with van der Waals surface area (Å²) >= 11 is 0. The summed E-state index contributed by atoms with van der Waals surface area (Å²) in [4.78, 5) is 4.96. The van der Waals surface area contributed by atoms with Gasteiger partial charge in [0.1, 0.15) is 0 Å². The lowest BCUT2D eigenvalue weighted by Crippen LogP contribution is -2.37. The summed E-state index contributed by atoms with van der Waals surface area (Å²) in [7, 11) is 4.36. The van der Waals surface area contributed by atoms with Gasteiger partial charge in [0.25, 0.3) is 0 Å². The third-order valence-corrected chi connectivity index (χ3v) is 3.90. The molecular formula is C14H31N3. The molecule has 1 aliphatic heterocycles. The van der Waals surface area contributed by atoms with Crippen molar-refractivity contribution < 1.29 is 0 Å². The highest BCUT2D eigenvalue weighted by atomic mass is 15.1. The zero-order valence-electron chi connectivity index (χ0n) is 12.0. The molecule has 0 aromatic carbocycles. The predicted octanol–water partition coefficient (Wildman–Crippen LogP) is 1.64. The smallest absolute Gasteiger partial charge is 0.000451 e. The lowest BCUT2D eigenvalue weighted by molar-refractivity contribution is 0.159. The molecule has 1 heterocycles. The molecule has 0 spiro atoms. The standard InChI is InChI=1S/C14H31N3/c1-13(11-15)5-4-8-17-9-6-14(7-10-17)12-16(2)3/h13-14H,4-12,15H2,1-3H3. The van der Waals surface area contributed by atoms with E-state index in [0.29, 0.717) is 5.92 Å². The fourth-order valence-electron chi connectivity index (χ4n) is 2.69. The monoisotopic (exact) mass is 241 g/mol. The van der Waals surface area contributed by atoms with E-state index in [4.69, 9.17) is 5.73 Å². The quantitative estimate of drug-likeness (QED) is 0.735. The Morgan fingerprint density at radius 3 is 2.47 bits per heavy atom. The second-order valence-electron chi connectivity index (χ2n) is 6.03. The van der Waals surface area contributed by atoms with Crippen LogP contribution in [0.4, 0.5) is 0 Å². The van der Waals surface area contributed by atoms with Crippen molar-refractivity contribution in [2.24, 2.45) is 17.6 Å². The number of nitrogens with zero attached hydrogens (tertiary/aromatic N) is 2. The van der Waals surface area contributed by atoms with E-state index in [-0.39, 0.29) is 0 Å². The third kappa shape index (κ3) is 6.39. The number of hydrogen-bond donors (Lipinski definition) is 1. The van der Waals surface area contributed by atoms with Crippen molar-refractivity contribution >= 4 is 0 Å². The van der Waals surface area contributed by atoms with Gasteiger partial charge in [-0.2, -0.15) is 0 Å². The Kier molecular flexibility index (Phi) is 7.09. The SMILES string of the molecule is CC(CN)CCCN1CCC(CN(C)C)CC1. The summed E-state index contributed by atoms with van der Waals surface area (Å²) in [5.74, 6) is 1.62. The van der Waals surface area contributed by atoms with Gasteiger partial charge in [-0.3, -0.25) is 0 Å². The molecule has 0 aromatic rings. The van der Waals surface area contributed by atoms with Crippen LogP contribution >= 0.6 is 0 Å². The van der Waals surface area contributed by atoms with Crippen LogP contribution in [0.2, 0.25) is 0 Å². The third-order valence-electron chi connectivity index (χ3n) is 3.90. The molecule has 0 bridgehead atoms. The van der Waals surface area contributed by atoms with Crippen LogP contribution in [-0.4, -0.2) is 56.6 Å². The first-order valence-corrected chi connectivity index (χ1v) is 7.19. The van der Waals surface area contributed by atoms with Crippen molar-refractivity contribution in [1.29, 1.82) is 0 Å². The maximum absolute atomic E-state index is 5.64. The van der Waals surface area contributed by atoms with Crippen molar-refractivity contribution in [1.82, 2.24) is 9.80 Å². The molecule has 0 saturated carbocycles. The Bertz CT molecular complexity index is 186. The Morgan fingerprint density at radius 2 is 1.94 bits per heavy atom. The van der Waals surface area contributed by atoms with Gasteiger partial charge in [0.2, 0.25) is 0 Å². The molecule has 1 rings (SSSR count). The van der Waals surface area contributed by atoms with Crippen LogP contribution in [-0.2, 0) is 0 Å². The molecular weight excluding hydrogens is 210 g/mol. The minimum absolute atomic E-state index is 0.696. The molecule has 0 aliphatic carbocycles. The Hall–Kier alpha value is -0.120. The van der Waals surface area contributed by atoms with Gasteiger partial charge in [-0.1, -0.05) is 6.92 Å². The van der Waals surface area contributed by atoms with Gasteiger partial charge < -0.3 is 15.5 Å². The topological polar surface area (TPSA) is 32.5 Å². The van der Waals surface area contributed by atoms with Gasteiger partial charge in [-0.05, 0) is 77.8 Å². The van der Waals surface area contributed by atoms with E-state index in [1.165, 1.54) is 51.9 Å². The van der Waals surface area contributed by atoms with Crippen LogP contribution in [0, 0.1) is 11.8 Å². The minimum Gasteiger partial charge on any atom is -0.330 e. The van der Waals surface area contributed by atoms with Crippen molar-refractivity contribution in [3.05, 3.63) is 0 Å². The van der Waals surface area contributed by atoms with Gasteiger partial charge in [-0.25, -0.2) is 0 Å². The Balaban J connectivity index is 2.06. The van der Waals surface area contributed by atoms with Crippen LogP contribution in [0.25, 0.3) is 0 Å². The molecule has 0 aromatic heterocycles. The van der Waals surface area contributed by atoms with Crippen LogP contribution in [0.15, 0.2) is 0 Å². The number of rotatable bonds is 7. The molecule has 2 N–H and O–H groups in total. The molecule has 3 nitrogen and oxygen atoms in total. The Labute approximate surface area is 107 Å². The van der Waals surface area contributed by atoms with E-state index >= 15 is 0 Å². The molecule has 1 aliphatic rings. The molecule has 102 valence electrons. The maximum Gasteiger partial charge on any atom is 0.000451 e. The van der Waals surface area contributed by atoms with E-state index in [1.54, 1.807) is 0 Å². The first kappa shape index (κ1) is 14.9. The minimum atomic E-state index is 0.696. The highest BCUT2D eigenvalue weighted by Crippen LogP contribution is 2.18. The highest BCUT2D eigenvalue weighted by Gasteiger charge is 2.19. The van der Waals surface area contributed by atoms with E-state index in [0.717, 1.165) is 12.5 Å². The zero-order valence-corrected chi connectivity index (χ0v) is 12.0. The summed E-state index contributed by atoms with van der Waals surface area (Å²) in [5.41, 5.74) is 5.64. The van der Waals surface area contributed by atoms with Crippen LogP contribution in [0.1, 0.15) is 32.6 Å². The van der Waals surface area contributed by atoms with Crippen LogP contribution in [0.5, 0.6) is 0 Å². The van der Waals surface area contributed by atoms with Crippen LogP contribution < -0.4 is 5.73 Å². The van der Waals surface area contributed by atoms with Crippen molar-refractivity contribution in [2.75, 3.05) is 46.8 Å². The highest BCUT2D eigenvalue weighted by molar-refractivity contribution is 4.73. The number of piperidine rings is 1. The lowest BCUT2D eigenvalue weighted by Gasteiger charge is -2.33. The number of likely N-dealkylation sites (tertiary alicyclic amines) is 1. The largest absolute Gasteiger partial charge is 0.330 e. The summed E-state index contributed by atoms with van der Waals surface area (Å²) in [6.45, 7) is 8.23. The predicted molar refractivity (Wildman–Crippen MR) is 75.2 cm³/mol. The number of hydrogen-bond acceptors (Lipinski definition) is 3. The molecule has 1 atom stereocenters. The van der Waals surface area contributed by atoms with Gasteiger partial charge in [0, 0.05) is 6.54 Å². The molecule has 1 unspecified atom stereocenters. The first-order chi connectivity index (χ1) is 8.11. The lowest BCUT2D eigenvalue weighted by atomic mass is 9.96. The van der Waals surface area contributed by atoms with Gasteiger partial charge in [-0.15, -0.1) is 0 Å². The van der Waals surface area contributed by atoms with E-state index in [2.05, 4.69) is 30.8 Å². The maximum atomic E-state index is 5.64. The van der Waals surface area contributed by atoms with E-state index in [9.17, 15) is 0 Å². The normalized spacial score (nSPS) is 21.0. The van der Waals surface area contributed by atoms with Gasteiger partial charge in [0.05, 0.1) is 0 Å². The molecule has 1 fully saturated rings. The summed E-state index contributed by atoms with van der Waals surface area (Å²) in [6.07, 6.45) is 5.36. The Morgan fingerprint density at radius 1 is 1.29 bits per heavy atom. The second-order valence-corrected chi connectivity index (χ2v) is 6.03. The van der Waals surface area contributed by atoms with Gasteiger partial charge in [0.15, 0.2) is 0 Å².